The van der Waals surface area contributed by atoms with Crippen LogP contribution in [0, 0.1) is 17.8 Å². The van der Waals surface area contributed by atoms with Gasteiger partial charge in [0.15, 0.2) is 0 Å². The third-order valence-electron chi connectivity index (χ3n) is 4.09. The van der Waals surface area contributed by atoms with Gasteiger partial charge in [0.25, 0.3) is 0 Å². The maximum absolute atomic E-state index is 11.9. The highest BCUT2D eigenvalue weighted by atomic mass is 16.2. The molecule has 2 rings (SSSR count). The molecule has 0 aliphatic heterocycles. The van der Waals surface area contributed by atoms with E-state index in [1.807, 2.05) is 6.92 Å². The lowest BCUT2D eigenvalue weighted by Crippen LogP contribution is -2.28. The normalized spacial score (nSPS) is 34.0. The van der Waals surface area contributed by atoms with Crippen LogP contribution in [-0.4, -0.2) is 18.5 Å². The molecule has 3 N–H and O–H groups in total. The lowest BCUT2D eigenvalue weighted by molar-refractivity contribution is -0.122. The quantitative estimate of drug-likeness (QED) is 0.698. The maximum Gasteiger partial charge on any atom is 0.223 e. The number of carbonyl (C=O) groups is 1. The van der Waals surface area contributed by atoms with Crippen LogP contribution in [0.1, 0.15) is 45.4 Å². The summed E-state index contributed by atoms with van der Waals surface area (Å²) in [7, 11) is 0. The Kier molecular flexibility index (Phi) is 3.85. The van der Waals surface area contributed by atoms with Gasteiger partial charge < -0.3 is 11.1 Å². The van der Waals surface area contributed by atoms with E-state index < -0.39 is 0 Å². The Labute approximate surface area is 98.2 Å². The van der Waals surface area contributed by atoms with Gasteiger partial charge in [-0.2, -0.15) is 0 Å². The topological polar surface area (TPSA) is 55.1 Å². The van der Waals surface area contributed by atoms with E-state index in [0.717, 1.165) is 31.2 Å². The van der Waals surface area contributed by atoms with E-state index in [9.17, 15) is 4.79 Å². The molecule has 3 heteroatoms. The average Bonchev–Trinajstić information content (AvgIpc) is 2.98. The Morgan fingerprint density at radius 2 is 2.00 bits per heavy atom. The standard InChI is InChI=1S/C13H24N2O/c1-9(14)5-4-8-15-13(16)12-10-6-2-3-7-11(10)12/h9-12H,2-8,14H2,1H3,(H,15,16). The second kappa shape index (κ2) is 5.17. The number of rotatable bonds is 5. The van der Waals surface area contributed by atoms with Crippen molar-refractivity contribution in [1.29, 1.82) is 0 Å². The van der Waals surface area contributed by atoms with Gasteiger partial charge in [-0.1, -0.05) is 12.8 Å². The second-order valence-electron chi connectivity index (χ2n) is 5.55. The molecule has 0 saturated heterocycles. The van der Waals surface area contributed by atoms with Crippen LogP contribution in [0.2, 0.25) is 0 Å². The lowest BCUT2D eigenvalue weighted by Gasteiger charge is -2.06. The first-order valence-electron chi connectivity index (χ1n) is 6.73. The number of nitrogens with two attached hydrogens (primary N) is 1. The molecule has 0 radical (unpaired) electrons. The molecule has 2 aliphatic rings. The van der Waals surface area contributed by atoms with Crippen LogP contribution in [-0.2, 0) is 4.79 Å². The first-order chi connectivity index (χ1) is 7.70. The molecule has 0 aromatic rings. The van der Waals surface area contributed by atoms with Crippen LogP contribution in [0.4, 0.5) is 0 Å². The van der Waals surface area contributed by atoms with Crippen molar-refractivity contribution in [3.8, 4) is 0 Å². The molecule has 0 aromatic heterocycles. The molecule has 1 amide bonds. The third kappa shape index (κ3) is 2.76. The number of amides is 1. The van der Waals surface area contributed by atoms with Crippen LogP contribution < -0.4 is 11.1 Å². The van der Waals surface area contributed by atoms with E-state index >= 15 is 0 Å². The predicted octanol–water partition coefficient (Wildman–Crippen LogP) is 1.67. The van der Waals surface area contributed by atoms with E-state index in [1.54, 1.807) is 0 Å². The van der Waals surface area contributed by atoms with Gasteiger partial charge in [-0.15, -0.1) is 0 Å². The summed E-state index contributed by atoms with van der Waals surface area (Å²) in [5.74, 6) is 2.11. The van der Waals surface area contributed by atoms with Crippen molar-refractivity contribution < 1.29 is 4.79 Å². The van der Waals surface area contributed by atoms with E-state index in [2.05, 4.69) is 5.32 Å². The highest BCUT2D eigenvalue weighted by Gasteiger charge is 2.54. The number of carbonyl (C=O) groups excluding carboxylic acids is 1. The fourth-order valence-corrected chi connectivity index (χ4v) is 3.13. The van der Waals surface area contributed by atoms with Crippen LogP contribution >= 0.6 is 0 Å². The fraction of sp³-hybridized carbons (Fsp3) is 0.923. The largest absolute Gasteiger partial charge is 0.356 e. The molecule has 2 fully saturated rings. The zero-order valence-electron chi connectivity index (χ0n) is 10.2. The molecule has 92 valence electrons. The Balaban J connectivity index is 1.62. The van der Waals surface area contributed by atoms with Gasteiger partial charge in [0.05, 0.1) is 0 Å². The van der Waals surface area contributed by atoms with Crippen LogP contribution in [0.5, 0.6) is 0 Å². The van der Waals surface area contributed by atoms with E-state index in [1.165, 1.54) is 25.7 Å². The molecule has 0 spiro atoms. The van der Waals surface area contributed by atoms with Crippen molar-refractivity contribution in [3.05, 3.63) is 0 Å². The first-order valence-corrected chi connectivity index (χ1v) is 6.73. The molecule has 0 bridgehead atoms. The van der Waals surface area contributed by atoms with Gasteiger partial charge in [0.1, 0.15) is 0 Å². The van der Waals surface area contributed by atoms with E-state index in [4.69, 9.17) is 5.73 Å². The molecule has 2 aliphatic carbocycles. The SMILES string of the molecule is CC(N)CCCNC(=O)C1C2CCCCC21. The predicted molar refractivity (Wildman–Crippen MR) is 64.8 cm³/mol. The molecular formula is C13H24N2O. The maximum atomic E-state index is 11.9. The number of nitrogens with one attached hydrogen (secondary N) is 1. The van der Waals surface area contributed by atoms with Gasteiger partial charge in [-0.05, 0) is 44.4 Å². The molecule has 2 saturated carbocycles. The summed E-state index contributed by atoms with van der Waals surface area (Å²) >= 11 is 0. The zero-order chi connectivity index (χ0) is 11.5. The fourth-order valence-electron chi connectivity index (χ4n) is 3.13. The summed E-state index contributed by atoms with van der Waals surface area (Å²) in [4.78, 5) is 11.9. The van der Waals surface area contributed by atoms with E-state index in [-0.39, 0.29) is 6.04 Å². The summed E-state index contributed by atoms with van der Waals surface area (Å²) in [5, 5.41) is 3.06. The first kappa shape index (κ1) is 11.9. The summed E-state index contributed by atoms with van der Waals surface area (Å²) in [6.07, 6.45) is 7.22. The summed E-state index contributed by atoms with van der Waals surface area (Å²) in [5.41, 5.74) is 5.66. The van der Waals surface area contributed by atoms with Crippen molar-refractivity contribution in [2.75, 3.05) is 6.54 Å². The highest BCUT2D eigenvalue weighted by molar-refractivity contribution is 5.82. The van der Waals surface area contributed by atoms with Gasteiger partial charge in [0.2, 0.25) is 5.91 Å². The van der Waals surface area contributed by atoms with Crippen molar-refractivity contribution in [2.45, 2.75) is 51.5 Å². The monoisotopic (exact) mass is 224 g/mol. The molecule has 3 nitrogen and oxygen atoms in total. The summed E-state index contributed by atoms with van der Waals surface area (Å²) in [6, 6.07) is 0.250. The number of fused-ring (bicyclic) bond motifs is 1. The van der Waals surface area contributed by atoms with Gasteiger partial charge in [-0.25, -0.2) is 0 Å². The summed E-state index contributed by atoms with van der Waals surface area (Å²) in [6.45, 7) is 2.81. The van der Waals surface area contributed by atoms with Crippen molar-refractivity contribution in [1.82, 2.24) is 5.32 Å². The number of hydrogen-bond donors (Lipinski definition) is 2. The molecule has 0 aromatic carbocycles. The Hall–Kier alpha value is -0.570. The summed E-state index contributed by atoms with van der Waals surface area (Å²) < 4.78 is 0. The molecule has 16 heavy (non-hydrogen) atoms. The highest BCUT2D eigenvalue weighted by Crippen LogP contribution is 2.55. The Morgan fingerprint density at radius 3 is 2.56 bits per heavy atom. The number of hydrogen-bond acceptors (Lipinski definition) is 2. The molecule has 0 heterocycles. The van der Waals surface area contributed by atoms with Gasteiger partial charge in [-0.3, -0.25) is 4.79 Å². The van der Waals surface area contributed by atoms with Crippen molar-refractivity contribution in [3.63, 3.8) is 0 Å². The van der Waals surface area contributed by atoms with E-state index in [0.29, 0.717) is 11.8 Å². The van der Waals surface area contributed by atoms with Gasteiger partial charge in [0, 0.05) is 18.5 Å². The van der Waals surface area contributed by atoms with Gasteiger partial charge >= 0.3 is 0 Å². The minimum atomic E-state index is 0.250. The average molecular weight is 224 g/mol. The second-order valence-corrected chi connectivity index (χ2v) is 5.55. The minimum Gasteiger partial charge on any atom is -0.356 e. The molecular weight excluding hydrogens is 200 g/mol. The van der Waals surface area contributed by atoms with Crippen molar-refractivity contribution >= 4 is 5.91 Å². The molecule has 3 atom stereocenters. The molecule has 3 unspecified atom stereocenters. The lowest BCUT2D eigenvalue weighted by atomic mass is 10.0. The third-order valence-corrected chi connectivity index (χ3v) is 4.09. The minimum absolute atomic E-state index is 0.250. The Morgan fingerprint density at radius 1 is 1.38 bits per heavy atom. The van der Waals surface area contributed by atoms with Crippen LogP contribution in [0.25, 0.3) is 0 Å². The van der Waals surface area contributed by atoms with Crippen molar-refractivity contribution in [2.24, 2.45) is 23.5 Å². The van der Waals surface area contributed by atoms with Crippen LogP contribution in [0.15, 0.2) is 0 Å². The zero-order valence-corrected chi connectivity index (χ0v) is 10.2. The van der Waals surface area contributed by atoms with Crippen LogP contribution in [0.3, 0.4) is 0 Å². The smallest absolute Gasteiger partial charge is 0.223 e. The Bertz CT molecular complexity index is 240.